The van der Waals surface area contributed by atoms with Crippen LogP contribution in [0.4, 0.5) is 5.69 Å². The van der Waals surface area contributed by atoms with Gasteiger partial charge in [0.15, 0.2) is 0 Å². The third-order valence-corrected chi connectivity index (χ3v) is 4.63. The van der Waals surface area contributed by atoms with Gasteiger partial charge in [-0.2, -0.15) is 0 Å². The van der Waals surface area contributed by atoms with Gasteiger partial charge in [0.2, 0.25) is 0 Å². The molecule has 0 amide bonds. The van der Waals surface area contributed by atoms with Crippen LogP contribution in [0.2, 0.25) is 0 Å². The van der Waals surface area contributed by atoms with Gasteiger partial charge < -0.3 is 10.2 Å². The zero-order valence-corrected chi connectivity index (χ0v) is 12.1. The zero-order valence-electron chi connectivity index (χ0n) is 12.1. The number of hydrogen-bond donors (Lipinski definition) is 1. The fourth-order valence-electron chi connectivity index (χ4n) is 3.31. The molecule has 1 aliphatic heterocycles. The van der Waals surface area contributed by atoms with Crippen molar-refractivity contribution in [1.29, 1.82) is 0 Å². The highest BCUT2D eigenvalue weighted by molar-refractivity contribution is 5.47. The minimum absolute atomic E-state index is 0.761. The van der Waals surface area contributed by atoms with E-state index in [9.17, 15) is 0 Å². The van der Waals surface area contributed by atoms with Crippen molar-refractivity contribution >= 4 is 5.69 Å². The molecule has 0 unspecified atom stereocenters. The van der Waals surface area contributed by atoms with Crippen molar-refractivity contribution in [2.75, 3.05) is 18.0 Å². The molecule has 0 aromatic heterocycles. The monoisotopic (exact) mass is 258 g/mol. The maximum atomic E-state index is 3.65. The molecule has 0 spiro atoms. The van der Waals surface area contributed by atoms with E-state index in [1.165, 1.54) is 56.4 Å². The first-order valence-electron chi connectivity index (χ1n) is 7.88. The van der Waals surface area contributed by atoms with Crippen LogP contribution in [0, 0.1) is 5.92 Å². The quantitative estimate of drug-likeness (QED) is 0.888. The van der Waals surface area contributed by atoms with Crippen LogP contribution in [0.15, 0.2) is 24.3 Å². The van der Waals surface area contributed by atoms with Gasteiger partial charge in [-0.15, -0.1) is 0 Å². The molecule has 2 fully saturated rings. The van der Waals surface area contributed by atoms with Crippen LogP contribution < -0.4 is 10.2 Å². The Morgan fingerprint density at radius 2 is 1.74 bits per heavy atom. The first-order chi connectivity index (χ1) is 9.31. The van der Waals surface area contributed by atoms with Crippen molar-refractivity contribution in [2.24, 2.45) is 5.92 Å². The summed E-state index contributed by atoms with van der Waals surface area (Å²) >= 11 is 0. The number of hydrogen-bond acceptors (Lipinski definition) is 2. The predicted molar refractivity (Wildman–Crippen MR) is 81.5 cm³/mol. The van der Waals surface area contributed by atoms with Gasteiger partial charge in [-0.1, -0.05) is 19.1 Å². The van der Waals surface area contributed by atoms with Crippen LogP contribution in [-0.2, 0) is 6.54 Å². The molecule has 0 atom stereocenters. The molecule has 3 rings (SSSR count). The van der Waals surface area contributed by atoms with Crippen molar-refractivity contribution in [3.63, 3.8) is 0 Å². The fraction of sp³-hybridized carbons (Fsp3) is 0.647. The normalized spacial score (nSPS) is 27.1. The summed E-state index contributed by atoms with van der Waals surface area (Å²) in [6.45, 7) is 5.83. The van der Waals surface area contributed by atoms with Gasteiger partial charge in [-0.05, 0) is 55.7 Å². The standard InChI is InChI=1S/C17H26N2/c1-14-11-16(12-14)18-13-15-5-7-17(8-6-15)19-9-3-2-4-10-19/h5-8,14,16,18H,2-4,9-13H2,1H3. The molecular formula is C17H26N2. The Labute approximate surface area is 117 Å². The first kappa shape index (κ1) is 13.0. The van der Waals surface area contributed by atoms with Crippen LogP contribution in [0.1, 0.15) is 44.6 Å². The Bertz CT molecular complexity index is 386. The second kappa shape index (κ2) is 5.96. The highest BCUT2D eigenvalue weighted by Gasteiger charge is 2.24. The van der Waals surface area contributed by atoms with Gasteiger partial charge in [0.1, 0.15) is 0 Å². The molecule has 19 heavy (non-hydrogen) atoms. The molecule has 1 aromatic rings. The number of rotatable bonds is 4. The van der Waals surface area contributed by atoms with E-state index in [2.05, 4.69) is 41.4 Å². The lowest BCUT2D eigenvalue weighted by molar-refractivity contribution is 0.240. The summed E-state index contributed by atoms with van der Waals surface area (Å²) in [6.07, 6.45) is 6.81. The van der Waals surface area contributed by atoms with Gasteiger partial charge in [-0.3, -0.25) is 0 Å². The van der Waals surface area contributed by atoms with E-state index >= 15 is 0 Å². The zero-order chi connectivity index (χ0) is 13.1. The molecule has 1 saturated heterocycles. The van der Waals surface area contributed by atoms with Crippen molar-refractivity contribution in [1.82, 2.24) is 5.32 Å². The Balaban J connectivity index is 1.50. The first-order valence-corrected chi connectivity index (χ1v) is 7.88. The van der Waals surface area contributed by atoms with Crippen LogP contribution in [0.3, 0.4) is 0 Å². The molecule has 1 N–H and O–H groups in total. The summed E-state index contributed by atoms with van der Waals surface area (Å²) < 4.78 is 0. The van der Waals surface area contributed by atoms with E-state index in [1.807, 2.05) is 0 Å². The Morgan fingerprint density at radius 1 is 1.05 bits per heavy atom. The molecule has 104 valence electrons. The van der Waals surface area contributed by atoms with Gasteiger partial charge in [0.05, 0.1) is 0 Å². The lowest BCUT2D eigenvalue weighted by Gasteiger charge is -2.33. The molecule has 0 bridgehead atoms. The number of piperidine rings is 1. The lowest BCUT2D eigenvalue weighted by Crippen LogP contribution is -2.39. The third kappa shape index (κ3) is 3.30. The van der Waals surface area contributed by atoms with E-state index in [4.69, 9.17) is 0 Å². The van der Waals surface area contributed by atoms with E-state index in [0.717, 1.165) is 18.5 Å². The summed E-state index contributed by atoms with van der Waals surface area (Å²) in [4.78, 5) is 2.52. The molecule has 2 aliphatic rings. The van der Waals surface area contributed by atoms with Crippen molar-refractivity contribution in [3.8, 4) is 0 Å². The maximum Gasteiger partial charge on any atom is 0.0366 e. The SMILES string of the molecule is CC1CC(NCc2ccc(N3CCCCC3)cc2)C1. The van der Waals surface area contributed by atoms with Crippen molar-refractivity contribution in [2.45, 2.75) is 51.6 Å². The summed E-state index contributed by atoms with van der Waals surface area (Å²) in [5, 5.41) is 3.65. The molecule has 1 aliphatic carbocycles. The van der Waals surface area contributed by atoms with Gasteiger partial charge >= 0.3 is 0 Å². The number of nitrogens with one attached hydrogen (secondary N) is 1. The summed E-state index contributed by atoms with van der Waals surface area (Å²) in [6, 6.07) is 9.94. The topological polar surface area (TPSA) is 15.3 Å². The largest absolute Gasteiger partial charge is 0.372 e. The third-order valence-electron chi connectivity index (χ3n) is 4.63. The number of benzene rings is 1. The smallest absolute Gasteiger partial charge is 0.0366 e. The summed E-state index contributed by atoms with van der Waals surface area (Å²) in [7, 11) is 0. The molecule has 2 heteroatoms. The van der Waals surface area contributed by atoms with Crippen LogP contribution in [0.25, 0.3) is 0 Å². The average Bonchev–Trinajstić information content (AvgIpc) is 2.44. The molecule has 1 aromatic carbocycles. The predicted octanol–water partition coefficient (Wildman–Crippen LogP) is 3.57. The van der Waals surface area contributed by atoms with E-state index in [0.29, 0.717) is 0 Å². The van der Waals surface area contributed by atoms with Crippen molar-refractivity contribution < 1.29 is 0 Å². The minimum atomic E-state index is 0.761. The molecule has 1 heterocycles. The molecular weight excluding hydrogens is 232 g/mol. The molecule has 1 saturated carbocycles. The van der Waals surface area contributed by atoms with Crippen LogP contribution >= 0.6 is 0 Å². The number of anilines is 1. The van der Waals surface area contributed by atoms with Crippen molar-refractivity contribution in [3.05, 3.63) is 29.8 Å². The summed E-state index contributed by atoms with van der Waals surface area (Å²) in [5.74, 6) is 0.930. The van der Waals surface area contributed by atoms with Gasteiger partial charge in [-0.25, -0.2) is 0 Å². The number of nitrogens with zero attached hydrogens (tertiary/aromatic N) is 1. The second-order valence-electron chi connectivity index (χ2n) is 6.37. The highest BCUT2D eigenvalue weighted by Crippen LogP contribution is 2.26. The van der Waals surface area contributed by atoms with Gasteiger partial charge in [0, 0.05) is 31.4 Å². The minimum Gasteiger partial charge on any atom is -0.372 e. The van der Waals surface area contributed by atoms with Gasteiger partial charge in [0.25, 0.3) is 0 Å². The molecule has 0 radical (unpaired) electrons. The van der Waals surface area contributed by atoms with E-state index < -0.39 is 0 Å². The average molecular weight is 258 g/mol. The lowest BCUT2D eigenvalue weighted by atomic mass is 9.82. The van der Waals surface area contributed by atoms with Crippen LogP contribution in [0.5, 0.6) is 0 Å². The van der Waals surface area contributed by atoms with Crippen LogP contribution in [-0.4, -0.2) is 19.1 Å². The highest BCUT2D eigenvalue weighted by atomic mass is 15.1. The Hall–Kier alpha value is -1.02. The van der Waals surface area contributed by atoms with E-state index in [1.54, 1.807) is 0 Å². The fourth-order valence-corrected chi connectivity index (χ4v) is 3.31. The van der Waals surface area contributed by atoms with E-state index in [-0.39, 0.29) is 0 Å². The maximum absolute atomic E-state index is 3.65. The Morgan fingerprint density at radius 3 is 2.37 bits per heavy atom. The molecule has 2 nitrogen and oxygen atoms in total. The summed E-state index contributed by atoms with van der Waals surface area (Å²) in [5.41, 5.74) is 2.82. The Kier molecular flexibility index (Phi) is 4.07. The second-order valence-corrected chi connectivity index (χ2v) is 6.37.